The molecule has 3 heterocycles. The number of aliphatic carboxylic acids is 1. The minimum Gasteiger partial charge on any atom is -0.481 e. The Kier molecular flexibility index (Phi) is 8.76. The van der Waals surface area contributed by atoms with Gasteiger partial charge in [0.15, 0.2) is 11.7 Å². The fourth-order valence-electron chi connectivity index (χ4n) is 8.44. The molecule has 0 radical (unpaired) electrons. The van der Waals surface area contributed by atoms with Crippen molar-refractivity contribution < 1.29 is 20.0 Å². The lowest BCUT2D eigenvalue weighted by Gasteiger charge is -2.48. The molecule has 1 aliphatic carbocycles. The number of aliphatic imine (C=N–C) groups is 1. The van der Waals surface area contributed by atoms with Crippen molar-refractivity contribution in [2.45, 2.75) is 105 Å². The van der Waals surface area contributed by atoms with Crippen LogP contribution in [0.25, 0.3) is 5.57 Å². The molecular formula is C34H46N6O4. The van der Waals surface area contributed by atoms with Gasteiger partial charge in [-0.1, -0.05) is 27.7 Å². The Hall–Kier alpha value is -3.55. The molecule has 0 saturated heterocycles. The molecule has 4 atom stereocenters. The zero-order valence-corrected chi connectivity index (χ0v) is 27.3. The third-order valence-corrected chi connectivity index (χ3v) is 10.2. The lowest BCUT2D eigenvalue weighted by molar-refractivity contribution is -0.282. The average Bonchev–Trinajstić information content (AvgIpc) is 3.45. The first kappa shape index (κ1) is 31.9. The van der Waals surface area contributed by atoms with Crippen LogP contribution in [0.2, 0.25) is 0 Å². The van der Waals surface area contributed by atoms with Crippen molar-refractivity contribution in [3.8, 4) is 6.07 Å². The molecule has 236 valence electrons. The van der Waals surface area contributed by atoms with E-state index < -0.39 is 12.1 Å². The van der Waals surface area contributed by atoms with Crippen LogP contribution >= 0.6 is 0 Å². The van der Waals surface area contributed by atoms with Gasteiger partial charge in [-0.15, -0.1) is 10.2 Å². The van der Waals surface area contributed by atoms with E-state index in [2.05, 4.69) is 74.8 Å². The summed E-state index contributed by atoms with van der Waals surface area (Å²) >= 11 is 0. The summed E-state index contributed by atoms with van der Waals surface area (Å²) in [6.07, 6.45) is 2.92. The van der Waals surface area contributed by atoms with Gasteiger partial charge in [-0.2, -0.15) is 5.26 Å². The van der Waals surface area contributed by atoms with Gasteiger partial charge in [0, 0.05) is 24.2 Å². The van der Waals surface area contributed by atoms with Gasteiger partial charge in [0.25, 0.3) is 0 Å². The van der Waals surface area contributed by atoms with E-state index >= 15 is 0 Å². The first-order valence-corrected chi connectivity index (χ1v) is 15.9. The van der Waals surface area contributed by atoms with Crippen LogP contribution in [-0.4, -0.2) is 55.1 Å². The molecule has 1 fully saturated rings. The number of aryl methyl sites for hydroxylation is 2. The van der Waals surface area contributed by atoms with E-state index in [1.54, 1.807) is 0 Å². The number of nitriles is 1. The number of hydrogen-bond donors (Lipinski definition) is 2. The van der Waals surface area contributed by atoms with Crippen LogP contribution in [0.5, 0.6) is 0 Å². The molecule has 10 nitrogen and oxygen atoms in total. The highest BCUT2D eigenvalue weighted by atomic mass is 17.1. The summed E-state index contributed by atoms with van der Waals surface area (Å²) in [5.41, 5.74) is 4.72. The van der Waals surface area contributed by atoms with Gasteiger partial charge in [0.1, 0.15) is 23.6 Å². The summed E-state index contributed by atoms with van der Waals surface area (Å²) in [6, 6.07) is 6.65. The van der Waals surface area contributed by atoms with Gasteiger partial charge in [-0.25, -0.2) is 9.88 Å². The Morgan fingerprint density at radius 1 is 1.18 bits per heavy atom. The molecule has 10 heteroatoms. The first-order chi connectivity index (χ1) is 20.8. The minimum atomic E-state index is -0.785. The van der Waals surface area contributed by atoms with Crippen molar-refractivity contribution in [1.29, 1.82) is 5.26 Å². The molecule has 1 saturated carbocycles. The molecule has 3 aliphatic rings. The number of carbonyl (C=O) groups is 1. The monoisotopic (exact) mass is 602 g/mol. The van der Waals surface area contributed by atoms with Crippen LogP contribution in [-0.2, 0) is 9.68 Å². The molecule has 5 rings (SSSR count). The quantitative estimate of drug-likeness (QED) is 0.246. The fraction of sp³-hybridized carbons (Fsp3) is 0.618. The van der Waals surface area contributed by atoms with Crippen LogP contribution < -0.4 is 4.90 Å². The van der Waals surface area contributed by atoms with Gasteiger partial charge in [0.05, 0.1) is 11.3 Å². The lowest BCUT2D eigenvalue weighted by atomic mass is 9.66. The number of allylic oxidation sites excluding steroid dienone is 1. The summed E-state index contributed by atoms with van der Waals surface area (Å²) in [7, 11) is 0. The number of aromatic nitrogens is 3. The third kappa shape index (κ3) is 5.56. The fourth-order valence-corrected chi connectivity index (χ4v) is 8.44. The van der Waals surface area contributed by atoms with Crippen LogP contribution in [0.15, 0.2) is 22.7 Å². The van der Waals surface area contributed by atoms with Crippen molar-refractivity contribution in [2.24, 2.45) is 28.7 Å². The predicted octanol–water partition coefficient (Wildman–Crippen LogP) is 6.90. The smallest absolute Gasteiger partial charge is 0.303 e. The van der Waals surface area contributed by atoms with E-state index in [-0.39, 0.29) is 35.6 Å². The standard InChI is InChI=1S/C34H46N6O4/c1-18-12-20(3)29(21(4)13-18)31(44-43)30-25(17-35)32(40-23(6)37-38-33(30)40)36-26-15-24-22(5)16-34(7,8)39(11-9-10-28(41)42)27(24)14-19(26)2/h14-15,18,20-22,29,31,43H,9-13,16H2,1-8H3,(H,41,42). The van der Waals surface area contributed by atoms with Gasteiger partial charge < -0.3 is 10.0 Å². The summed E-state index contributed by atoms with van der Waals surface area (Å²) < 4.78 is 1.81. The number of carboxylic acid groups (broad SMARTS) is 1. The highest BCUT2D eigenvalue weighted by molar-refractivity contribution is 6.15. The van der Waals surface area contributed by atoms with E-state index in [1.807, 2.05) is 18.4 Å². The van der Waals surface area contributed by atoms with Crippen molar-refractivity contribution in [3.63, 3.8) is 0 Å². The van der Waals surface area contributed by atoms with E-state index in [0.29, 0.717) is 47.5 Å². The van der Waals surface area contributed by atoms with Crippen molar-refractivity contribution in [2.75, 3.05) is 11.4 Å². The molecule has 1 aromatic heterocycles. The number of fused-ring (bicyclic) bond motifs is 2. The molecule has 2 aliphatic heterocycles. The SMILES string of the molecule is Cc1cc2c(cc1N=C1C(C#N)=C(C(OO)C3C(C)CC(C)CC3C)c3nnc(C)n31)C(C)CC(C)(C)N2CCCC(=O)O. The Balaban J connectivity index is 1.61. The molecule has 0 amide bonds. The Morgan fingerprint density at radius 3 is 2.48 bits per heavy atom. The summed E-state index contributed by atoms with van der Waals surface area (Å²) in [5.74, 6) is 2.16. The third-order valence-electron chi connectivity index (χ3n) is 10.2. The Morgan fingerprint density at radius 2 is 1.86 bits per heavy atom. The molecule has 2 aromatic rings. The normalized spacial score (nSPS) is 27.7. The van der Waals surface area contributed by atoms with E-state index in [1.165, 1.54) is 0 Å². The van der Waals surface area contributed by atoms with E-state index in [4.69, 9.17) is 9.88 Å². The topological polar surface area (TPSA) is 137 Å². The van der Waals surface area contributed by atoms with E-state index in [0.717, 1.165) is 41.8 Å². The maximum absolute atomic E-state index is 11.2. The second-order valence-corrected chi connectivity index (χ2v) is 14.1. The maximum Gasteiger partial charge on any atom is 0.303 e. The number of benzene rings is 1. The maximum atomic E-state index is 11.2. The number of anilines is 1. The minimum absolute atomic E-state index is 0.00107. The van der Waals surface area contributed by atoms with Crippen LogP contribution in [0.3, 0.4) is 0 Å². The van der Waals surface area contributed by atoms with Crippen molar-refractivity contribution in [3.05, 3.63) is 40.5 Å². The molecule has 2 N–H and O–H groups in total. The predicted molar refractivity (Wildman–Crippen MR) is 170 cm³/mol. The Bertz CT molecular complexity index is 1540. The molecular weight excluding hydrogens is 556 g/mol. The van der Waals surface area contributed by atoms with E-state index in [9.17, 15) is 20.4 Å². The average molecular weight is 603 g/mol. The Labute approximate surface area is 260 Å². The molecule has 1 aromatic carbocycles. The number of hydrogen-bond acceptors (Lipinski definition) is 8. The van der Waals surface area contributed by atoms with Gasteiger partial charge in [-0.3, -0.25) is 14.6 Å². The summed E-state index contributed by atoms with van der Waals surface area (Å²) in [4.78, 5) is 23.9. The molecule has 44 heavy (non-hydrogen) atoms. The van der Waals surface area contributed by atoms with Gasteiger partial charge in [-0.05, 0) is 106 Å². The van der Waals surface area contributed by atoms with Crippen LogP contribution in [0.4, 0.5) is 11.4 Å². The molecule has 0 spiro atoms. The molecule has 0 bridgehead atoms. The molecule has 4 unspecified atom stereocenters. The highest BCUT2D eigenvalue weighted by Crippen LogP contribution is 2.48. The van der Waals surface area contributed by atoms with Crippen LogP contribution in [0.1, 0.15) is 102 Å². The summed E-state index contributed by atoms with van der Waals surface area (Å²) in [6.45, 7) is 17.8. The van der Waals surface area contributed by atoms with Gasteiger partial charge in [0.2, 0.25) is 0 Å². The zero-order chi connectivity index (χ0) is 32.1. The lowest BCUT2D eigenvalue weighted by Crippen LogP contribution is -2.48. The first-order valence-electron chi connectivity index (χ1n) is 15.9. The highest BCUT2D eigenvalue weighted by Gasteiger charge is 2.45. The van der Waals surface area contributed by atoms with Gasteiger partial charge >= 0.3 is 5.97 Å². The van der Waals surface area contributed by atoms with Crippen molar-refractivity contribution >= 4 is 28.8 Å². The number of nitrogens with zero attached hydrogens (tertiary/aromatic N) is 6. The van der Waals surface area contributed by atoms with Crippen LogP contribution in [0, 0.1) is 48.9 Å². The second kappa shape index (κ2) is 12.1. The largest absolute Gasteiger partial charge is 0.481 e. The zero-order valence-electron chi connectivity index (χ0n) is 27.3. The summed E-state index contributed by atoms with van der Waals surface area (Å²) in [5, 5.41) is 38.9. The number of rotatable bonds is 8. The second-order valence-electron chi connectivity index (χ2n) is 14.1. The van der Waals surface area contributed by atoms with Crippen molar-refractivity contribution in [1.82, 2.24) is 14.8 Å². The number of carboxylic acids is 1.